The number of nitrogens with zero attached hydrogens (tertiary/aromatic N) is 3. The van der Waals surface area contributed by atoms with E-state index in [1.54, 1.807) is 29.8 Å². The molecule has 4 rings (SSSR count). The second-order valence-electron chi connectivity index (χ2n) is 7.25. The molecular formula is C22H22N4O3S2. The molecular weight excluding hydrogens is 432 g/mol. The summed E-state index contributed by atoms with van der Waals surface area (Å²) >= 11 is 2.92. The topological polar surface area (TPSA) is 84.4 Å². The second kappa shape index (κ2) is 9.49. The van der Waals surface area contributed by atoms with Crippen LogP contribution in [0.15, 0.2) is 52.9 Å². The van der Waals surface area contributed by atoms with E-state index >= 15 is 0 Å². The van der Waals surface area contributed by atoms with Crippen molar-refractivity contribution in [3.8, 4) is 5.75 Å². The van der Waals surface area contributed by atoms with Gasteiger partial charge in [0.05, 0.1) is 13.0 Å². The van der Waals surface area contributed by atoms with E-state index in [9.17, 15) is 9.59 Å². The minimum Gasteiger partial charge on any atom is -0.497 e. The first-order chi connectivity index (χ1) is 15.0. The van der Waals surface area contributed by atoms with Gasteiger partial charge in [-0.1, -0.05) is 59.0 Å². The van der Waals surface area contributed by atoms with Crippen LogP contribution in [0.3, 0.4) is 0 Å². The van der Waals surface area contributed by atoms with Gasteiger partial charge in [0.15, 0.2) is 4.34 Å². The third-order valence-corrected chi connectivity index (χ3v) is 6.99. The molecule has 1 aliphatic rings. The Morgan fingerprint density at radius 1 is 1.26 bits per heavy atom. The maximum atomic E-state index is 12.7. The number of ether oxygens (including phenoxy) is 1. The first-order valence-electron chi connectivity index (χ1n) is 9.79. The van der Waals surface area contributed by atoms with Gasteiger partial charge in [0.1, 0.15) is 5.75 Å². The van der Waals surface area contributed by atoms with E-state index in [1.165, 1.54) is 22.5 Å². The van der Waals surface area contributed by atoms with Crippen LogP contribution in [0.4, 0.5) is 10.8 Å². The maximum absolute atomic E-state index is 12.7. The van der Waals surface area contributed by atoms with Crippen LogP contribution in [0.25, 0.3) is 0 Å². The van der Waals surface area contributed by atoms with Crippen LogP contribution in [-0.2, 0) is 15.3 Å². The van der Waals surface area contributed by atoms with Crippen LogP contribution in [0, 0.1) is 12.8 Å². The number of nitrogens with one attached hydrogen (secondary N) is 1. The Bertz CT molecular complexity index is 1100. The molecule has 1 aliphatic heterocycles. The summed E-state index contributed by atoms with van der Waals surface area (Å²) in [7, 11) is 1.58. The molecule has 160 valence electrons. The standard InChI is InChI=1S/C22H22N4O3S2/c1-14-5-3-6-15(9-14)13-30-22-25-24-21(31-22)23-20(28)16-10-19(27)26(12-16)17-7-4-8-18(11-17)29-2/h3-9,11,16H,10,12-13H2,1-2H3,(H,23,24,28)/t16-/m0/s1. The minimum atomic E-state index is -0.439. The Balaban J connectivity index is 1.34. The predicted molar refractivity (Wildman–Crippen MR) is 123 cm³/mol. The Labute approximate surface area is 188 Å². The monoisotopic (exact) mass is 454 g/mol. The molecule has 0 bridgehead atoms. The first kappa shape index (κ1) is 21.3. The predicted octanol–water partition coefficient (Wildman–Crippen LogP) is 4.14. The van der Waals surface area contributed by atoms with Gasteiger partial charge < -0.3 is 15.0 Å². The number of hydrogen-bond donors (Lipinski definition) is 1. The van der Waals surface area contributed by atoms with Crippen molar-refractivity contribution in [2.24, 2.45) is 5.92 Å². The highest BCUT2D eigenvalue weighted by Crippen LogP contribution is 2.31. The summed E-state index contributed by atoms with van der Waals surface area (Å²) in [5.74, 6) is 0.718. The van der Waals surface area contributed by atoms with Crippen LogP contribution in [0.5, 0.6) is 5.75 Å². The molecule has 0 saturated carbocycles. The molecule has 0 radical (unpaired) electrons. The summed E-state index contributed by atoms with van der Waals surface area (Å²) in [6, 6.07) is 15.6. The lowest BCUT2D eigenvalue weighted by Gasteiger charge is -2.17. The zero-order chi connectivity index (χ0) is 21.8. The number of amides is 2. The van der Waals surface area contributed by atoms with Crippen LogP contribution in [0.1, 0.15) is 17.5 Å². The summed E-state index contributed by atoms with van der Waals surface area (Å²) in [6.07, 6.45) is 0.164. The second-order valence-corrected chi connectivity index (χ2v) is 9.45. The Hall–Kier alpha value is -2.91. The van der Waals surface area contributed by atoms with Gasteiger partial charge in [-0.2, -0.15) is 0 Å². The van der Waals surface area contributed by atoms with Crippen molar-refractivity contribution in [1.82, 2.24) is 10.2 Å². The lowest BCUT2D eigenvalue weighted by Crippen LogP contribution is -2.28. The van der Waals surface area contributed by atoms with Crippen molar-refractivity contribution in [2.45, 2.75) is 23.4 Å². The van der Waals surface area contributed by atoms with E-state index in [2.05, 4.69) is 40.6 Å². The van der Waals surface area contributed by atoms with Crippen molar-refractivity contribution in [3.05, 3.63) is 59.7 Å². The molecule has 1 saturated heterocycles. The highest BCUT2D eigenvalue weighted by molar-refractivity contribution is 8.00. The maximum Gasteiger partial charge on any atom is 0.231 e. The Kier molecular flexibility index (Phi) is 6.53. The molecule has 0 unspecified atom stereocenters. The van der Waals surface area contributed by atoms with E-state index in [1.807, 2.05) is 24.3 Å². The molecule has 2 amide bonds. The van der Waals surface area contributed by atoms with Crippen molar-refractivity contribution >= 4 is 45.7 Å². The average molecular weight is 455 g/mol. The molecule has 1 aromatic heterocycles. The molecule has 1 fully saturated rings. The Morgan fingerprint density at radius 2 is 2.10 bits per heavy atom. The number of anilines is 2. The number of benzene rings is 2. The van der Waals surface area contributed by atoms with Gasteiger partial charge in [0, 0.05) is 30.5 Å². The van der Waals surface area contributed by atoms with Gasteiger partial charge in [-0.05, 0) is 24.6 Å². The van der Waals surface area contributed by atoms with Gasteiger partial charge in [0.2, 0.25) is 16.9 Å². The lowest BCUT2D eigenvalue weighted by atomic mass is 10.1. The molecule has 2 heterocycles. The fourth-order valence-corrected chi connectivity index (χ4v) is 5.08. The van der Waals surface area contributed by atoms with Crippen LogP contribution in [-0.4, -0.2) is 35.7 Å². The summed E-state index contributed by atoms with van der Waals surface area (Å²) in [6.45, 7) is 2.39. The molecule has 1 N–H and O–H groups in total. The average Bonchev–Trinajstić information content (AvgIpc) is 3.38. The summed E-state index contributed by atoms with van der Waals surface area (Å²) in [5.41, 5.74) is 3.16. The summed E-state index contributed by atoms with van der Waals surface area (Å²) in [5, 5.41) is 11.5. The van der Waals surface area contributed by atoms with E-state index in [-0.39, 0.29) is 18.2 Å². The van der Waals surface area contributed by atoms with E-state index in [0.29, 0.717) is 17.4 Å². The molecule has 0 spiro atoms. The normalized spacial score (nSPS) is 15.9. The van der Waals surface area contributed by atoms with Gasteiger partial charge >= 0.3 is 0 Å². The largest absolute Gasteiger partial charge is 0.497 e. The first-order valence-corrected chi connectivity index (χ1v) is 11.6. The highest BCUT2D eigenvalue weighted by atomic mass is 32.2. The van der Waals surface area contributed by atoms with E-state index in [0.717, 1.165) is 15.8 Å². The third kappa shape index (κ3) is 5.23. The number of aryl methyl sites for hydroxylation is 1. The van der Waals surface area contributed by atoms with Crippen molar-refractivity contribution in [2.75, 3.05) is 23.9 Å². The molecule has 31 heavy (non-hydrogen) atoms. The number of aromatic nitrogens is 2. The van der Waals surface area contributed by atoms with Gasteiger partial charge in [-0.3, -0.25) is 9.59 Å². The minimum absolute atomic E-state index is 0.0833. The molecule has 3 aromatic rings. The van der Waals surface area contributed by atoms with Crippen molar-refractivity contribution in [3.63, 3.8) is 0 Å². The zero-order valence-corrected chi connectivity index (χ0v) is 18.8. The number of carbonyl (C=O) groups excluding carboxylic acids is 2. The molecule has 0 aliphatic carbocycles. The van der Waals surface area contributed by atoms with Gasteiger partial charge in [0.25, 0.3) is 0 Å². The smallest absolute Gasteiger partial charge is 0.231 e. The van der Waals surface area contributed by atoms with E-state index in [4.69, 9.17) is 4.74 Å². The van der Waals surface area contributed by atoms with Gasteiger partial charge in [-0.15, -0.1) is 10.2 Å². The Morgan fingerprint density at radius 3 is 2.90 bits per heavy atom. The summed E-state index contributed by atoms with van der Waals surface area (Å²) < 4.78 is 6.02. The fourth-order valence-electron chi connectivity index (χ4n) is 3.38. The van der Waals surface area contributed by atoms with Crippen LogP contribution < -0.4 is 15.0 Å². The molecule has 2 aromatic carbocycles. The molecule has 9 heteroatoms. The van der Waals surface area contributed by atoms with Crippen LogP contribution in [0.2, 0.25) is 0 Å². The quantitative estimate of drug-likeness (QED) is 0.427. The van der Waals surface area contributed by atoms with E-state index < -0.39 is 5.92 Å². The van der Waals surface area contributed by atoms with Crippen molar-refractivity contribution in [1.29, 1.82) is 0 Å². The molecule has 7 nitrogen and oxygen atoms in total. The lowest BCUT2D eigenvalue weighted by molar-refractivity contribution is -0.122. The van der Waals surface area contributed by atoms with Crippen LogP contribution >= 0.6 is 23.1 Å². The zero-order valence-electron chi connectivity index (χ0n) is 17.2. The number of carbonyl (C=O) groups is 2. The summed E-state index contributed by atoms with van der Waals surface area (Å²) in [4.78, 5) is 26.8. The van der Waals surface area contributed by atoms with Gasteiger partial charge in [-0.25, -0.2) is 0 Å². The molecule has 1 atom stereocenters. The number of rotatable bonds is 7. The number of thioether (sulfide) groups is 1. The van der Waals surface area contributed by atoms with Crippen molar-refractivity contribution < 1.29 is 14.3 Å². The fraction of sp³-hybridized carbons (Fsp3) is 0.273. The number of methoxy groups -OCH3 is 1. The highest BCUT2D eigenvalue weighted by Gasteiger charge is 2.35. The third-order valence-electron chi connectivity index (χ3n) is 4.94. The SMILES string of the molecule is COc1cccc(N2C[C@@H](C(=O)Nc3nnc(SCc4cccc(C)c4)s3)CC2=O)c1. The number of hydrogen-bond acceptors (Lipinski definition) is 7.